The molecular weight excluding hydrogens is 388 g/mol. The van der Waals surface area contributed by atoms with E-state index in [1.807, 2.05) is 60.0 Å². The van der Waals surface area contributed by atoms with Crippen molar-refractivity contribution < 1.29 is 14.1 Å². The molecule has 3 heterocycles. The summed E-state index contributed by atoms with van der Waals surface area (Å²) >= 11 is 1.58. The van der Waals surface area contributed by atoms with Gasteiger partial charge < -0.3 is 19.8 Å². The maximum atomic E-state index is 5.99. The summed E-state index contributed by atoms with van der Waals surface area (Å²) in [5.74, 6) is 1.71. The van der Waals surface area contributed by atoms with Crippen molar-refractivity contribution in [2.75, 3.05) is 0 Å². The molecule has 0 radical (unpaired) electrons. The van der Waals surface area contributed by atoms with E-state index in [9.17, 15) is 0 Å². The molecule has 0 unspecified atom stereocenters. The first-order valence-corrected chi connectivity index (χ1v) is 9.73. The number of thiophene rings is 1. The number of benzene rings is 1. The van der Waals surface area contributed by atoms with Gasteiger partial charge in [-0.1, -0.05) is 22.4 Å². The summed E-state index contributed by atoms with van der Waals surface area (Å²) in [5.41, 5.74) is 8.37. The molecule has 0 fully saturated rings. The van der Waals surface area contributed by atoms with E-state index in [1.54, 1.807) is 23.7 Å². The molecule has 1 aromatic carbocycles. The van der Waals surface area contributed by atoms with E-state index < -0.39 is 0 Å². The number of nitrogens with zero attached hydrogens (tertiary/aromatic N) is 3. The summed E-state index contributed by atoms with van der Waals surface area (Å²) in [6.07, 6.45) is 3.50. The monoisotopic (exact) mass is 406 g/mol. The van der Waals surface area contributed by atoms with Crippen LogP contribution in [0.15, 0.2) is 82.0 Å². The molecule has 29 heavy (non-hydrogen) atoms. The Morgan fingerprint density at radius 1 is 1.10 bits per heavy atom. The Hall–Kier alpha value is -3.65. The zero-order valence-corrected chi connectivity index (χ0v) is 16.2. The predicted octanol–water partition coefficient (Wildman–Crippen LogP) is 4.21. The lowest BCUT2D eigenvalue weighted by Gasteiger charge is -2.07. The largest absolute Gasteiger partial charge is 0.489 e. The number of hydrogen-bond donors (Lipinski definition) is 1. The fraction of sp³-hybridized carbons (Fsp3) is 0.0952. The van der Waals surface area contributed by atoms with Crippen LogP contribution < -0.4 is 10.5 Å². The van der Waals surface area contributed by atoms with Gasteiger partial charge in [0.05, 0.1) is 4.88 Å². The van der Waals surface area contributed by atoms with Gasteiger partial charge in [0.2, 0.25) is 0 Å². The number of amidine groups is 1. The van der Waals surface area contributed by atoms with E-state index in [0.717, 1.165) is 21.8 Å². The zero-order valence-electron chi connectivity index (χ0n) is 15.4. The molecule has 0 aliphatic rings. The first-order valence-electron chi connectivity index (χ1n) is 8.85. The summed E-state index contributed by atoms with van der Waals surface area (Å²) in [6, 6.07) is 16.9. The molecular formula is C21H18N4O3S. The minimum atomic E-state index is 0.169. The van der Waals surface area contributed by atoms with Crippen molar-refractivity contribution >= 4 is 17.2 Å². The van der Waals surface area contributed by atoms with Crippen molar-refractivity contribution in [3.8, 4) is 16.4 Å². The van der Waals surface area contributed by atoms with Gasteiger partial charge in [-0.3, -0.25) is 4.98 Å². The quantitative estimate of drug-likeness (QED) is 0.267. The Bertz CT molecular complexity index is 1060. The van der Waals surface area contributed by atoms with Crippen LogP contribution in [-0.4, -0.2) is 16.0 Å². The molecule has 8 heteroatoms. The molecule has 146 valence electrons. The molecule has 0 aliphatic carbocycles. The third-order valence-corrected chi connectivity index (χ3v) is 4.86. The summed E-state index contributed by atoms with van der Waals surface area (Å²) in [7, 11) is 0. The summed E-state index contributed by atoms with van der Waals surface area (Å²) < 4.78 is 11.0. The highest BCUT2D eigenvalue weighted by Gasteiger charge is 2.08. The maximum Gasteiger partial charge on any atom is 0.177 e. The Kier molecular flexibility index (Phi) is 5.82. The highest BCUT2D eigenvalue weighted by atomic mass is 32.1. The van der Waals surface area contributed by atoms with Gasteiger partial charge in [0.15, 0.2) is 18.2 Å². The lowest BCUT2D eigenvalue weighted by molar-refractivity contribution is 0.125. The van der Waals surface area contributed by atoms with Crippen LogP contribution in [0.5, 0.6) is 5.75 Å². The highest BCUT2D eigenvalue weighted by molar-refractivity contribution is 7.13. The lowest BCUT2D eigenvalue weighted by atomic mass is 10.2. The fourth-order valence-corrected chi connectivity index (χ4v) is 3.18. The van der Waals surface area contributed by atoms with Crippen LogP contribution in [0.25, 0.3) is 10.6 Å². The van der Waals surface area contributed by atoms with E-state index in [-0.39, 0.29) is 12.4 Å². The second-order valence-corrected chi connectivity index (χ2v) is 7.03. The predicted molar refractivity (Wildman–Crippen MR) is 110 cm³/mol. The summed E-state index contributed by atoms with van der Waals surface area (Å²) in [4.78, 5) is 10.4. The third kappa shape index (κ3) is 4.99. The van der Waals surface area contributed by atoms with E-state index >= 15 is 0 Å². The number of rotatable bonds is 8. The molecule has 4 rings (SSSR count). The van der Waals surface area contributed by atoms with Gasteiger partial charge in [-0.2, -0.15) is 0 Å². The second kappa shape index (κ2) is 9.03. The number of nitrogens with two attached hydrogens (primary N) is 1. The molecule has 3 aromatic heterocycles. The van der Waals surface area contributed by atoms with E-state index in [0.29, 0.717) is 18.1 Å². The van der Waals surface area contributed by atoms with Crippen LogP contribution in [0.1, 0.15) is 16.8 Å². The average molecular weight is 406 g/mol. The standard InChI is InChI=1S/C21H18N4O3S/c22-21(25-27-14-17-11-19(28-24-17)20-4-2-10-29-20)16-5-7-18(8-6-16)26-13-15-3-1-9-23-12-15/h1-12H,13-14H2,(H2,22,25). The van der Waals surface area contributed by atoms with E-state index in [1.165, 1.54) is 0 Å². The molecule has 2 N–H and O–H groups in total. The van der Waals surface area contributed by atoms with Crippen LogP contribution in [0.2, 0.25) is 0 Å². The molecule has 0 aliphatic heterocycles. The van der Waals surface area contributed by atoms with Gasteiger partial charge in [-0.05, 0) is 41.8 Å². The minimum Gasteiger partial charge on any atom is -0.489 e. The number of hydrogen-bond acceptors (Lipinski definition) is 7. The van der Waals surface area contributed by atoms with Crippen LogP contribution in [0.3, 0.4) is 0 Å². The topological polar surface area (TPSA) is 95.8 Å². The van der Waals surface area contributed by atoms with Crippen LogP contribution in [0.4, 0.5) is 0 Å². The van der Waals surface area contributed by atoms with Crippen molar-refractivity contribution in [1.29, 1.82) is 0 Å². The van der Waals surface area contributed by atoms with Gasteiger partial charge in [-0.15, -0.1) is 11.3 Å². The number of ether oxygens (including phenoxy) is 1. The minimum absolute atomic E-state index is 0.169. The Morgan fingerprint density at radius 3 is 2.76 bits per heavy atom. The van der Waals surface area contributed by atoms with Crippen molar-refractivity contribution in [2.45, 2.75) is 13.2 Å². The SMILES string of the molecule is N/C(=N/OCc1cc(-c2cccs2)on1)c1ccc(OCc2cccnc2)cc1. The first-order chi connectivity index (χ1) is 14.3. The lowest BCUT2D eigenvalue weighted by Crippen LogP contribution is -2.13. The third-order valence-electron chi connectivity index (χ3n) is 3.98. The maximum absolute atomic E-state index is 5.99. The highest BCUT2D eigenvalue weighted by Crippen LogP contribution is 2.25. The second-order valence-electron chi connectivity index (χ2n) is 6.08. The molecule has 0 spiro atoms. The summed E-state index contributed by atoms with van der Waals surface area (Å²) in [6.45, 7) is 0.618. The molecule has 7 nitrogen and oxygen atoms in total. The van der Waals surface area contributed by atoms with Crippen LogP contribution in [-0.2, 0) is 18.1 Å². The van der Waals surface area contributed by atoms with Gasteiger partial charge in [-0.25, -0.2) is 0 Å². The van der Waals surface area contributed by atoms with Gasteiger partial charge >= 0.3 is 0 Å². The molecule has 0 bridgehead atoms. The van der Waals surface area contributed by atoms with Gasteiger partial charge in [0.25, 0.3) is 0 Å². The number of aromatic nitrogens is 2. The smallest absolute Gasteiger partial charge is 0.177 e. The molecule has 0 saturated carbocycles. The fourth-order valence-electron chi connectivity index (χ4n) is 2.51. The zero-order chi connectivity index (χ0) is 19.9. The Morgan fingerprint density at radius 2 is 2.00 bits per heavy atom. The summed E-state index contributed by atoms with van der Waals surface area (Å²) in [5, 5.41) is 9.91. The van der Waals surface area contributed by atoms with Crippen LogP contribution >= 0.6 is 11.3 Å². The van der Waals surface area contributed by atoms with Crippen molar-refractivity contribution in [1.82, 2.24) is 10.1 Å². The Balaban J connectivity index is 1.29. The molecule has 0 saturated heterocycles. The molecule has 0 amide bonds. The van der Waals surface area contributed by atoms with Crippen molar-refractivity contribution in [2.24, 2.45) is 10.9 Å². The number of oxime groups is 1. The van der Waals surface area contributed by atoms with Gasteiger partial charge in [0, 0.05) is 29.6 Å². The Labute approximate surface area is 171 Å². The average Bonchev–Trinajstić information content (AvgIpc) is 3.45. The molecule has 4 aromatic rings. The first kappa shape index (κ1) is 18.7. The molecule has 0 atom stereocenters. The van der Waals surface area contributed by atoms with Gasteiger partial charge in [0.1, 0.15) is 18.1 Å². The van der Waals surface area contributed by atoms with E-state index in [4.69, 9.17) is 19.8 Å². The van der Waals surface area contributed by atoms with Crippen molar-refractivity contribution in [3.05, 3.63) is 89.2 Å². The normalized spacial score (nSPS) is 11.4. The van der Waals surface area contributed by atoms with Crippen LogP contribution in [0, 0.1) is 0 Å². The van der Waals surface area contributed by atoms with E-state index in [2.05, 4.69) is 15.3 Å². The van der Waals surface area contributed by atoms with Crippen molar-refractivity contribution in [3.63, 3.8) is 0 Å². The number of pyridine rings is 1.